The molecule has 3 aromatic rings. The molecule has 0 bridgehead atoms. The summed E-state index contributed by atoms with van der Waals surface area (Å²) >= 11 is 0. The Hall–Kier alpha value is -3.41. The van der Waals surface area contributed by atoms with Crippen molar-refractivity contribution in [2.45, 2.75) is 19.8 Å². The molecule has 6 heteroatoms. The number of hydrogen-bond acceptors (Lipinski definition) is 4. The second kappa shape index (κ2) is 8.99. The van der Waals surface area contributed by atoms with E-state index in [1.807, 2.05) is 18.2 Å². The number of rotatable bonds is 8. The lowest BCUT2D eigenvalue weighted by Crippen LogP contribution is -2.14. The smallest absolute Gasteiger partial charge is 0.267 e. The van der Waals surface area contributed by atoms with Crippen molar-refractivity contribution in [1.82, 2.24) is 4.98 Å². The zero-order valence-electron chi connectivity index (χ0n) is 15.6. The Bertz CT molecular complexity index is 941. The third kappa shape index (κ3) is 5.07. The van der Waals surface area contributed by atoms with E-state index in [9.17, 15) is 9.18 Å². The summed E-state index contributed by atoms with van der Waals surface area (Å²) in [6.07, 6.45) is 2.10. The number of carbonyl (C=O) groups excluding carboxylic acids is 1. The van der Waals surface area contributed by atoms with E-state index >= 15 is 0 Å². The van der Waals surface area contributed by atoms with Crippen LogP contribution in [0.15, 0.2) is 60.7 Å². The van der Waals surface area contributed by atoms with Crippen LogP contribution in [0.1, 0.15) is 30.3 Å². The lowest BCUT2D eigenvalue weighted by atomic mass is 10.1. The summed E-state index contributed by atoms with van der Waals surface area (Å²) in [5.41, 5.74) is 7.91. The topological polar surface area (TPSA) is 77.2 Å². The highest BCUT2D eigenvalue weighted by Crippen LogP contribution is 2.27. The third-order valence-corrected chi connectivity index (χ3v) is 4.14. The molecule has 1 heterocycles. The van der Waals surface area contributed by atoms with Gasteiger partial charge >= 0.3 is 0 Å². The summed E-state index contributed by atoms with van der Waals surface area (Å²) in [4.78, 5) is 16.0. The first-order valence-corrected chi connectivity index (χ1v) is 9.15. The molecule has 1 amide bonds. The highest BCUT2D eigenvalue weighted by atomic mass is 19.1. The van der Waals surface area contributed by atoms with Crippen LogP contribution < -0.4 is 15.8 Å². The third-order valence-electron chi connectivity index (χ3n) is 4.14. The quantitative estimate of drug-likeness (QED) is 0.541. The van der Waals surface area contributed by atoms with Gasteiger partial charge in [0.05, 0.1) is 5.69 Å². The minimum atomic E-state index is -0.573. The molecular weight excluding hydrogens is 357 g/mol. The van der Waals surface area contributed by atoms with Crippen molar-refractivity contribution in [2.24, 2.45) is 5.73 Å². The second-order valence-electron chi connectivity index (χ2n) is 6.35. The van der Waals surface area contributed by atoms with Gasteiger partial charge in [-0.05, 0) is 67.1 Å². The second-order valence-corrected chi connectivity index (χ2v) is 6.35. The molecule has 0 aliphatic carbocycles. The van der Waals surface area contributed by atoms with Gasteiger partial charge < -0.3 is 15.8 Å². The van der Waals surface area contributed by atoms with Gasteiger partial charge in [0.2, 0.25) is 0 Å². The van der Waals surface area contributed by atoms with Crippen LogP contribution in [0.3, 0.4) is 0 Å². The summed E-state index contributed by atoms with van der Waals surface area (Å²) in [5, 5.41) is 3.30. The number of amides is 1. The lowest BCUT2D eigenvalue weighted by Gasteiger charge is -2.11. The first kappa shape index (κ1) is 19.4. The Balaban J connectivity index is 1.81. The average molecular weight is 379 g/mol. The monoisotopic (exact) mass is 379 g/mol. The van der Waals surface area contributed by atoms with E-state index in [2.05, 4.69) is 17.2 Å². The number of ether oxygens (including phenoxy) is 1. The molecule has 0 saturated carbocycles. The number of nitrogens with two attached hydrogens (primary N) is 1. The molecule has 0 aliphatic rings. The molecule has 3 rings (SSSR count). The van der Waals surface area contributed by atoms with Crippen molar-refractivity contribution < 1.29 is 13.9 Å². The van der Waals surface area contributed by atoms with E-state index < -0.39 is 5.91 Å². The lowest BCUT2D eigenvalue weighted by molar-refractivity contribution is 0.0995. The number of carbonyl (C=O) groups is 1. The molecule has 2 aromatic carbocycles. The van der Waals surface area contributed by atoms with Gasteiger partial charge in [-0.2, -0.15) is 0 Å². The van der Waals surface area contributed by atoms with Crippen molar-refractivity contribution in [3.63, 3.8) is 0 Å². The number of halogens is 1. The Morgan fingerprint density at radius 1 is 1.07 bits per heavy atom. The maximum Gasteiger partial charge on any atom is 0.267 e. The molecule has 0 radical (unpaired) electrons. The first-order valence-electron chi connectivity index (χ1n) is 9.15. The predicted octanol–water partition coefficient (Wildman–Crippen LogP) is 4.99. The zero-order chi connectivity index (χ0) is 19.9. The Kier molecular flexibility index (Phi) is 6.22. The number of hydrogen-bond donors (Lipinski definition) is 2. The molecule has 0 saturated heterocycles. The number of primary amides is 1. The maximum atomic E-state index is 13.0. The van der Waals surface area contributed by atoms with E-state index in [0.717, 1.165) is 30.6 Å². The van der Waals surface area contributed by atoms with E-state index in [4.69, 9.17) is 10.5 Å². The maximum absolute atomic E-state index is 13.0. The van der Waals surface area contributed by atoms with Gasteiger partial charge in [-0.3, -0.25) is 4.79 Å². The highest BCUT2D eigenvalue weighted by molar-refractivity contribution is 5.92. The summed E-state index contributed by atoms with van der Waals surface area (Å²) in [7, 11) is 0. The number of anilines is 1. The van der Waals surface area contributed by atoms with Gasteiger partial charge in [0.15, 0.2) is 0 Å². The molecule has 5 nitrogen and oxygen atoms in total. The van der Waals surface area contributed by atoms with E-state index in [1.54, 1.807) is 30.3 Å². The first-order chi connectivity index (χ1) is 13.5. The molecule has 0 unspecified atom stereocenters. The van der Waals surface area contributed by atoms with Gasteiger partial charge in [0.25, 0.3) is 5.91 Å². The normalized spacial score (nSPS) is 10.5. The number of aromatic nitrogens is 1. The number of nitrogens with zero attached hydrogens (tertiary/aromatic N) is 1. The van der Waals surface area contributed by atoms with Crippen molar-refractivity contribution in [3.05, 3.63) is 72.2 Å². The van der Waals surface area contributed by atoms with Crippen LogP contribution in [-0.2, 0) is 0 Å². The van der Waals surface area contributed by atoms with Crippen LogP contribution in [0.4, 0.5) is 10.1 Å². The zero-order valence-corrected chi connectivity index (χ0v) is 15.6. The van der Waals surface area contributed by atoms with Gasteiger partial charge in [0, 0.05) is 17.8 Å². The summed E-state index contributed by atoms with van der Waals surface area (Å²) in [5.74, 6) is 0.274. The van der Waals surface area contributed by atoms with Gasteiger partial charge in [-0.15, -0.1) is 0 Å². The van der Waals surface area contributed by atoms with Crippen LogP contribution >= 0.6 is 0 Å². The summed E-state index contributed by atoms with van der Waals surface area (Å²) in [6, 6.07) is 16.6. The van der Waals surface area contributed by atoms with E-state index in [1.165, 1.54) is 12.1 Å². The number of nitrogens with one attached hydrogen (secondary N) is 1. The fourth-order valence-corrected chi connectivity index (χ4v) is 2.65. The van der Waals surface area contributed by atoms with Crippen LogP contribution in [0.2, 0.25) is 0 Å². The molecular formula is C22H22FN3O2. The molecule has 0 aliphatic heterocycles. The molecule has 1 aromatic heterocycles. The Labute approximate surface area is 163 Å². The minimum Gasteiger partial charge on any atom is -0.457 e. The van der Waals surface area contributed by atoms with Crippen molar-refractivity contribution in [1.29, 1.82) is 0 Å². The standard InChI is InChI=1S/C22H22FN3O2/c1-2-3-12-25-17-13-20(26-21(14-17)22(24)27)15-4-8-18(9-5-15)28-19-10-6-16(23)7-11-19/h4-11,13-14H,2-3,12H2,1H3,(H2,24,27)(H,25,26). The van der Waals surface area contributed by atoms with Crippen molar-refractivity contribution in [2.75, 3.05) is 11.9 Å². The van der Waals surface area contributed by atoms with Crippen molar-refractivity contribution in [3.8, 4) is 22.8 Å². The summed E-state index contributed by atoms with van der Waals surface area (Å²) in [6.45, 7) is 2.92. The average Bonchev–Trinajstić information content (AvgIpc) is 2.70. The number of unbranched alkanes of at least 4 members (excludes halogenated alkanes) is 1. The van der Waals surface area contributed by atoms with Crippen molar-refractivity contribution >= 4 is 11.6 Å². The number of benzene rings is 2. The molecule has 0 atom stereocenters. The SMILES string of the molecule is CCCCNc1cc(C(N)=O)nc(-c2ccc(Oc3ccc(F)cc3)cc2)c1. The number of pyridine rings is 1. The van der Waals surface area contributed by atoms with Crippen LogP contribution in [-0.4, -0.2) is 17.4 Å². The van der Waals surface area contributed by atoms with Crippen LogP contribution in [0, 0.1) is 5.82 Å². The highest BCUT2D eigenvalue weighted by Gasteiger charge is 2.09. The van der Waals surface area contributed by atoms with Gasteiger partial charge in [0.1, 0.15) is 23.0 Å². The van der Waals surface area contributed by atoms with E-state index in [-0.39, 0.29) is 11.5 Å². The minimum absolute atomic E-state index is 0.211. The molecule has 0 fully saturated rings. The molecule has 3 N–H and O–H groups in total. The van der Waals surface area contributed by atoms with Crippen LogP contribution in [0.5, 0.6) is 11.5 Å². The fraction of sp³-hybridized carbons (Fsp3) is 0.182. The Morgan fingerprint density at radius 2 is 1.71 bits per heavy atom. The predicted molar refractivity (Wildman–Crippen MR) is 108 cm³/mol. The fourth-order valence-electron chi connectivity index (χ4n) is 2.65. The summed E-state index contributed by atoms with van der Waals surface area (Å²) < 4.78 is 18.7. The van der Waals surface area contributed by atoms with Gasteiger partial charge in [-0.1, -0.05) is 13.3 Å². The van der Waals surface area contributed by atoms with Gasteiger partial charge in [-0.25, -0.2) is 9.37 Å². The largest absolute Gasteiger partial charge is 0.457 e. The Morgan fingerprint density at radius 3 is 2.32 bits per heavy atom. The molecule has 144 valence electrons. The molecule has 0 spiro atoms. The van der Waals surface area contributed by atoms with Crippen LogP contribution in [0.25, 0.3) is 11.3 Å². The molecule has 28 heavy (non-hydrogen) atoms. The van der Waals surface area contributed by atoms with E-state index in [0.29, 0.717) is 17.2 Å².